The van der Waals surface area contributed by atoms with Crippen LogP contribution >= 0.6 is 11.3 Å². The molecule has 2 aliphatic heterocycles. The molecule has 0 atom stereocenters. The number of nitrogens with zero attached hydrogens (tertiary/aromatic N) is 2. The van der Waals surface area contributed by atoms with E-state index in [9.17, 15) is 0 Å². The van der Waals surface area contributed by atoms with Crippen molar-refractivity contribution >= 4 is 67.9 Å². The van der Waals surface area contributed by atoms with E-state index >= 15 is 0 Å². The molecule has 334 valence electrons. The topological polar surface area (TPSA) is 6.48 Å². The van der Waals surface area contributed by atoms with E-state index in [1.165, 1.54) is 127 Å². The highest BCUT2D eigenvalue weighted by atomic mass is 32.1. The van der Waals surface area contributed by atoms with Crippen molar-refractivity contribution in [3.8, 4) is 44.5 Å². The molecular weight excluding hydrogens is 864 g/mol. The number of hydrogen-bond donors (Lipinski definition) is 0. The molecule has 10 aromatic rings. The normalized spacial score (nSPS) is 14.2. The molecule has 0 N–H and O–H groups in total. The number of anilines is 6. The van der Waals surface area contributed by atoms with Crippen LogP contribution in [-0.2, 0) is 10.8 Å². The van der Waals surface area contributed by atoms with E-state index in [1.54, 1.807) is 0 Å². The van der Waals surface area contributed by atoms with Crippen LogP contribution < -0.4 is 25.5 Å². The quantitative estimate of drug-likeness (QED) is 0.159. The number of hydrogen-bond acceptors (Lipinski definition) is 3. The third-order valence-electron chi connectivity index (χ3n) is 15.8. The summed E-state index contributed by atoms with van der Waals surface area (Å²) in [7, 11) is 0. The first-order valence-electron chi connectivity index (χ1n) is 24.9. The summed E-state index contributed by atoms with van der Waals surface area (Å²) in [6.07, 6.45) is 0. The van der Waals surface area contributed by atoms with Crippen molar-refractivity contribution in [2.75, 3.05) is 9.80 Å². The minimum Gasteiger partial charge on any atom is -0.311 e. The molecule has 1 aromatic heterocycles. The van der Waals surface area contributed by atoms with E-state index in [1.807, 2.05) is 0 Å². The molecule has 0 radical (unpaired) electrons. The summed E-state index contributed by atoms with van der Waals surface area (Å²) in [6.45, 7) is 11.5. The minimum absolute atomic E-state index is 0.0161. The number of thiophene rings is 1. The first kappa shape index (κ1) is 41.3. The third-order valence-corrected chi connectivity index (χ3v) is 17.2. The molecule has 9 aromatic carbocycles. The maximum atomic E-state index is 2.62. The predicted octanol–water partition coefficient (Wildman–Crippen LogP) is 15.9. The zero-order chi connectivity index (χ0) is 47.0. The van der Waals surface area contributed by atoms with Crippen LogP contribution in [-0.4, -0.2) is 6.71 Å². The van der Waals surface area contributed by atoms with E-state index < -0.39 is 5.41 Å². The van der Waals surface area contributed by atoms with Crippen molar-refractivity contribution in [1.29, 1.82) is 0 Å². The Morgan fingerprint density at radius 3 is 1.71 bits per heavy atom. The molecular formula is C66H51BN2S. The van der Waals surface area contributed by atoms with Gasteiger partial charge in [0, 0.05) is 43.7 Å². The van der Waals surface area contributed by atoms with Crippen LogP contribution in [0.1, 0.15) is 73.2 Å². The fraction of sp³-hybridized carbons (Fsp3) is 0.121. The summed E-state index contributed by atoms with van der Waals surface area (Å²) in [4.78, 5) is 6.61. The molecule has 3 heterocycles. The lowest BCUT2D eigenvalue weighted by Crippen LogP contribution is -2.60. The first-order chi connectivity index (χ1) is 34.2. The van der Waals surface area contributed by atoms with Gasteiger partial charge in [-0.15, -0.1) is 11.3 Å². The SMILES string of the molecule is CC(C)c1ccc(N2c3cc(-c4cc(C(C)(C)C)ccc4-c4ccccc4)ccc3B3c4sc5c(c4N(c4ccccc4)c4cccc2c43)-c2ccccc2C52c3ccccc3-c3ccccc32)cc1. The van der Waals surface area contributed by atoms with Crippen molar-refractivity contribution in [3.63, 3.8) is 0 Å². The van der Waals surface area contributed by atoms with E-state index in [-0.39, 0.29) is 12.1 Å². The van der Waals surface area contributed by atoms with Crippen molar-refractivity contribution < 1.29 is 0 Å². The molecule has 70 heavy (non-hydrogen) atoms. The molecule has 0 unspecified atom stereocenters. The number of fused-ring (bicyclic) bond motifs is 15. The zero-order valence-corrected chi connectivity index (χ0v) is 41.0. The average Bonchev–Trinajstić information content (AvgIpc) is 4.03. The Labute approximate surface area is 416 Å². The Hall–Kier alpha value is -7.66. The van der Waals surface area contributed by atoms with Gasteiger partial charge in [-0.25, -0.2) is 0 Å². The monoisotopic (exact) mass is 914 g/mol. The lowest BCUT2D eigenvalue weighted by Gasteiger charge is -2.43. The molecule has 2 aliphatic carbocycles. The first-order valence-corrected chi connectivity index (χ1v) is 25.7. The van der Waals surface area contributed by atoms with Gasteiger partial charge in [0.1, 0.15) is 0 Å². The van der Waals surface area contributed by atoms with Crippen molar-refractivity contribution in [2.24, 2.45) is 0 Å². The lowest BCUT2D eigenvalue weighted by atomic mass is 9.36. The van der Waals surface area contributed by atoms with Crippen molar-refractivity contribution in [2.45, 2.75) is 51.4 Å². The van der Waals surface area contributed by atoms with E-state index in [2.05, 4.69) is 268 Å². The number of rotatable bonds is 5. The van der Waals surface area contributed by atoms with Crippen LogP contribution in [0.15, 0.2) is 212 Å². The summed E-state index contributed by atoms with van der Waals surface area (Å²) in [6, 6.07) is 80.7. The lowest BCUT2D eigenvalue weighted by molar-refractivity contribution is 0.590. The standard InChI is InChI=1S/C66H51BN2S/c1-41(2)42-31-35-47(36-32-42)68-57-29-18-30-58-61(57)67(56-38-33-44(39-59(56)68)52-40-45(65(3,4)5)34-37-48(52)43-19-8-6-9-20-43)64-62(69(58)46-21-10-7-11-22-46)60-51-25-14-17-28-55(51)66(63(60)70-64)53-26-15-12-23-49(53)50-24-13-16-27-54(50)66/h6-41H,1-5H3. The number of para-hydroxylation sites is 1. The smallest absolute Gasteiger partial charge is 0.264 e. The predicted molar refractivity (Wildman–Crippen MR) is 298 cm³/mol. The van der Waals surface area contributed by atoms with Crippen LogP contribution in [0.5, 0.6) is 0 Å². The second kappa shape index (κ2) is 15.2. The third kappa shape index (κ3) is 5.69. The molecule has 4 heteroatoms. The highest BCUT2D eigenvalue weighted by Crippen LogP contribution is 2.67. The molecule has 0 fully saturated rings. The fourth-order valence-corrected chi connectivity index (χ4v) is 14.3. The highest BCUT2D eigenvalue weighted by molar-refractivity contribution is 7.30. The van der Waals surface area contributed by atoms with Gasteiger partial charge in [-0.3, -0.25) is 0 Å². The average molecular weight is 915 g/mol. The van der Waals surface area contributed by atoms with Crippen LogP contribution in [0.25, 0.3) is 44.5 Å². The van der Waals surface area contributed by atoms with Crippen molar-refractivity contribution in [3.05, 3.63) is 245 Å². The van der Waals surface area contributed by atoms with Gasteiger partial charge in [0.15, 0.2) is 0 Å². The second-order valence-corrected chi connectivity index (χ2v) is 22.0. The molecule has 0 saturated heterocycles. The summed E-state index contributed by atoms with van der Waals surface area (Å²) in [5.74, 6) is 0.431. The summed E-state index contributed by atoms with van der Waals surface area (Å²) < 4.78 is 1.40. The maximum absolute atomic E-state index is 2.62. The second-order valence-electron chi connectivity index (χ2n) is 21.0. The van der Waals surface area contributed by atoms with Gasteiger partial charge in [-0.05, 0) is 131 Å². The summed E-state index contributed by atoms with van der Waals surface area (Å²) >= 11 is 2.05. The fourth-order valence-electron chi connectivity index (χ4n) is 12.6. The van der Waals surface area contributed by atoms with Gasteiger partial charge in [-0.2, -0.15) is 0 Å². The van der Waals surface area contributed by atoms with Crippen LogP contribution in [0.2, 0.25) is 0 Å². The molecule has 14 rings (SSSR count). The Morgan fingerprint density at radius 2 is 1.06 bits per heavy atom. The molecule has 1 spiro atoms. The van der Waals surface area contributed by atoms with Crippen LogP contribution in [0.4, 0.5) is 34.1 Å². The summed E-state index contributed by atoms with van der Waals surface area (Å²) in [5, 5.41) is 0. The zero-order valence-electron chi connectivity index (χ0n) is 40.2. The Kier molecular flexibility index (Phi) is 8.96. The Balaban J connectivity index is 1.09. The molecule has 0 amide bonds. The Bertz CT molecular complexity index is 3700. The van der Waals surface area contributed by atoms with Gasteiger partial charge >= 0.3 is 0 Å². The number of benzene rings is 9. The summed E-state index contributed by atoms with van der Waals surface area (Å²) in [5.41, 5.74) is 26.6. The molecule has 2 nitrogen and oxygen atoms in total. The van der Waals surface area contributed by atoms with Crippen LogP contribution in [0.3, 0.4) is 0 Å². The van der Waals surface area contributed by atoms with Gasteiger partial charge in [-0.1, -0.05) is 204 Å². The van der Waals surface area contributed by atoms with E-state index in [0.29, 0.717) is 5.92 Å². The van der Waals surface area contributed by atoms with Gasteiger partial charge in [0.25, 0.3) is 6.71 Å². The maximum Gasteiger partial charge on any atom is 0.264 e. The van der Waals surface area contributed by atoms with Crippen molar-refractivity contribution in [1.82, 2.24) is 0 Å². The van der Waals surface area contributed by atoms with Gasteiger partial charge < -0.3 is 9.80 Å². The van der Waals surface area contributed by atoms with E-state index in [0.717, 1.165) is 0 Å². The van der Waals surface area contributed by atoms with Crippen LogP contribution in [0, 0.1) is 0 Å². The van der Waals surface area contributed by atoms with Gasteiger partial charge in [0.2, 0.25) is 0 Å². The Morgan fingerprint density at radius 1 is 0.471 bits per heavy atom. The van der Waals surface area contributed by atoms with Gasteiger partial charge in [0.05, 0.1) is 11.1 Å². The molecule has 0 saturated carbocycles. The van der Waals surface area contributed by atoms with E-state index in [4.69, 9.17) is 0 Å². The minimum atomic E-state index is -0.448. The highest BCUT2D eigenvalue weighted by Gasteiger charge is 2.56. The molecule has 0 bridgehead atoms. The largest absolute Gasteiger partial charge is 0.311 e. The molecule has 4 aliphatic rings.